The van der Waals surface area contributed by atoms with Crippen LogP contribution in [0.5, 0.6) is 0 Å². The Morgan fingerprint density at radius 3 is 2.50 bits per heavy atom. The lowest BCUT2D eigenvalue weighted by atomic mass is 9.99. The summed E-state index contributed by atoms with van der Waals surface area (Å²) in [7, 11) is 0. The number of hydrogen-bond donors (Lipinski definition) is 1. The fraction of sp³-hybridized carbons (Fsp3) is 0.500. The molecule has 2 fully saturated rings. The van der Waals surface area contributed by atoms with E-state index in [1.807, 2.05) is 37.3 Å². The highest BCUT2D eigenvalue weighted by molar-refractivity contribution is 5.97. The van der Waals surface area contributed by atoms with E-state index >= 15 is 0 Å². The first-order valence-electron chi connectivity index (χ1n) is 7.19. The van der Waals surface area contributed by atoms with E-state index in [-0.39, 0.29) is 23.4 Å². The van der Waals surface area contributed by atoms with E-state index in [1.54, 1.807) is 4.90 Å². The Bertz CT molecular complexity index is 537. The van der Waals surface area contributed by atoms with Crippen molar-refractivity contribution in [3.8, 4) is 0 Å². The zero-order chi connectivity index (χ0) is 14.3. The lowest BCUT2D eigenvalue weighted by Crippen LogP contribution is -2.65. The van der Waals surface area contributed by atoms with Crippen LogP contribution in [0.25, 0.3) is 0 Å². The molecule has 0 bridgehead atoms. The van der Waals surface area contributed by atoms with Crippen LogP contribution in [-0.2, 0) is 16.0 Å². The summed E-state index contributed by atoms with van der Waals surface area (Å²) in [5.41, 5.74) is 0.963. The van der Waals surface area contributed by atoms with Gasteiger partial charge in [0.1, 0.15) is 12.1 Å². The molecule has 0 spiro atoms. The molecular formula is C16H20N2O2. The average molecular weight is 272 g/mol. The molecule has 2 unspecified atom stereocenters. The molecule has 2 aliphatic rings. The van der Waals surface area contributed by atoms with Gasteiger partial charge in [-0.05, 0) is 32.3 Å². The van der Waals surface area contributed by atoms with Gasteiger partial charge in [0.25, 0.3) is 0 Å². The molecule has 1 saturated heterocycles. The highest BCUT2D eigenvalue weighted by Crippen LogP contribution is 2.43. The monoisotopic (exact) mass is 272 g/mol. The molecule has 1 saturated carbocycles. The van der Waals surface area contributed by atoms with Crippen molar-refractivity contribution >= 4 is 11.8 Å². The second kappa shape index (κ2) is 4.62. The maximum atomic E-state index is 12.7. The molecule has 1 aromatic carbocycles. The zero-order valence-corrected chi connectivity index (χ0v) is 11.9. The normalized spacial score (nSPS) is 28.2. The minimum Gasteiger partial charge on any atom is -0.342 e. The molecule has 3 rings (SSSR count). The van der Waals surface area contributed by atoms with Crippen LogP contribution >= 0.6 is 0 Å². The highest BCUT2D eigenvalue weighted by Gasteiger charge is 2.52. The Morgan fingerprint density at radius 2 is 1.90 bits per heavy atom. The third-order valence-corrected chi connectivity index (χ3v) is 4.46. The topological polar surface area (TPSA) is 49.4 Å². The number of hydrogen-bond acceptors (Lipinski definition) is 2. The molecule has 1 aromatic rings. The largest absolute Gasteiger partial charge is 0.342 e. The average Bonchev–Trinajstić information content (AvgIpc) is 3.16. The Labute approximate surface area is 119 Å². The molecule has 0 radical (unpaired) electrons. The van der Waals surface area contributed by atoms with Gasteiger partial charge < -0.3 is 10.2 Å². The Balaban J connectivity index is 1.82. The van der Waals surface area contributed by atoms with Crippen LogP contribution in [0.2, 0.25) is 0 Å². The lowest BCUT2D eigenvalue weighted by Gasteiger charge is -2.41. The fourth-order valence-electron chi connectivity index (χ4n) is 2.97. The van der Waals surface area contributed by atoms with E-state index in [0.29, 0.717) is 6.42 Å². The Hall–Kier alpha value is -1.84. The Kier molecular flexibility index (Phi) is 3.04. The maximum Gasteiger partial charge on any atom is 0.246 e. The first kappa shape index (κ1) is 13.2. The molecule has 2 amide bonds. The van der Waals surface area contributed by atoms with Crippen LogP contribution in [0.4, 0.5) is 0 Å². The van der Waals surface area contributed by atoms with E-state index in [1.165, 1.54) is 0 Å². The van der Waals surface area contributed by atoms with Crippen LogP contribution in [-0.4, -0.2) is 34.3 Å². The lowest BCUT2D eigenvalue weighted by molar-refractivity contribution is -0.152. The smallest absolute Gasteiger partial charge is 0.246 e. The molecule has 2 atom stereocenters. The van der Waals surface area contributed by atoms with E-state index in [0.717, 1.165) is 18.4 Å². The van der Waals surface area contributed by atoms with Gasteiger partial charge in [-0.2, -0.15) is 0 Å². The number of rotatable bonds is 3. The maximum absolute atomic E-state index is 12.7. The van der Waals surface area contributed by atoms with Gasteiger partial charge in [-0.1, -0.05) is 30.3 Å². The van der Waals surface area contributed by atoms with E-state index in [4.69, 9.17) is 0 Å². The summed E-state index contributed by atoms with van der Waals surface area (Å²) < 4.78 is 0. The SMILES string of the molecule is CC1C(=O)NC(Cc2ccccc2)C(=O)N1C1(C)CC1. The van der Waals surface area contributed by atoms with Gasteiger partial charge >= 0.3 is 0 Å². The summed E-state index contributed by atoms with van der Waals surface area (Å²) >= 11 is 0. The second-order valence-electron chi connectivity index (χ2n) is 6.13. The van der Waals surface area contributed by atoms with Crippen molar-refractivity contribution in [2.45, 2.75) is 50.7 Å². The van der Waals surface area contributed by atoms with Gasteiger partial charge in [-0.25, -0.2) is 0 Å². The van der Waals surface area contributed by atoms with Crippen molar-refractivity contribution in [3.63, 3.8) is 0 Å². The van der Waals surface area contributed by atoms with Gasteiger partial charge in [0.15, 0.2) is 0 Å². The van der Waals surface area contributed by atoms with Gasteiger partial charge in [-0.15, -0.1) is 0 Å². The standard InChI is InChI=1S/C16H20N2O2/c1-11-14(19)17-13(10-12-6-4-3-5-7-12)15(20)18(11)16(2)8-9-16/h3-7,11,13H,8-10H2,1-2H3,(H,17,19). The number of nitrogens with zero attached hydrogens (tertiary/aromatic N) is 1. The van der Waals surface area contributed by atoms with Crippen LogP contribution in [0.1, 0.15) is 32.3 Å². The van der Waals surface area contributed by atoms with Crippen molar-refractivity contribution in [2.75, 3.05) is 0 Å². The molecule has 4 heteroatoms. The number of amides is 2. The zero-order valence-electron chi connectivity index (χ0n) is 11.9. The third-order valence-electron chi connectivity index (χ3n) is 4.46. The summed E-state index contributed by atoms with van der Waals surface area (Å²) in [6, 6.07) is 9.03. The van der Waals surface area contributed by atoms with Crippen LogP contribution in [0.15, 0.2) is 30.3 Å². The van der Waals surface area contributed by atoms with Gasteiger partial charge in [0.2, 0.25) is 11.8 Å². The van der Waals surface area contributed by atoms with Gasteiger partial charge in [0.05, 0.1) is 0 Å². The minimum absolute atomic E-state index is 0.0429. The van der Waals surface area contributed by atoms with Crippen molar-refractivity contribution in [2.24, 2.45) is 0 Å². The minimum atomic E-state index is -0.432. The Morgan fingerprint density at radius 1 is 1.25 bits per heavy atom. The van der Waals surface area contributed by atoms with Gasteiger partial charge in [-0.3, -0.25) is 9.59 Å². The molecule has 20 heavy (non-hydrogen) atoms. The fourth-order valence-corrected chi connectivity index (χ4v) is 2.97. The summed E-state index contributed by atoms with van der Waals surface area (Å²) in [6.07, 6.45) is 2.55. The summed E-state index contributed by atoms with van der Waals surface area (Å²) in [5, 5.41) is 2.86. The van der Waals surface area contributed by atoms with Crippen molar-refractivity contribution in [3.05, 3.63) is 35.9 Å². The van der Waals surface area contributed by atoms with E-state index in [9.17, 15) is 9.59 Å². The predicted octanol–water partition coefficient (Wildman–Crippen LogP) is 1.50. The summed E-state index contributed by atoms with van der Waals surface area (Å²) in [4.78, 5) is 26.6. The third kappa shape index (κ3) is 2.19. The number of carbonyl (C=O) groups is 2. The van der Waals surface area contributed by atoms with Crippen molar-refractivity contribution < 1.29 is 9.59 Å². The molecule has 4 nitrogen and oxygen atoms in total. The summed E-state index contributed by atoms with van der Waals surface area (Å²) in [6.45, 7) is 3.88. The molecule has 1 aliphatic heterocycles. The van der Waals surface area contributed by atoms with Crippen LogP contribution < -0.4 is 5.32 Å². The highest BCUT2D eigenvalue weighted by atomic mass is 16.2. The first-order valence-corrected chi connectivity index (χ1v) is 7.19. The molecule has 1 aliphatic carbocycles. The quantitative estimate of drug-likeness (QED) is 0.906. The first-order chi connectivity index (χ1) is 9.51. The van der Waals surface area contributed by atoms with Crippen LogP contribution in [0, 0.1) is 0 Å². The van der Waals surface area contributed by atoms with E-state index < -0.39 is 6.04 Å². The number of carbonyl (C=O) groups excluding carboxylic acids is 2. The summed E-state index contributed by atoms with van der Waals surface area (Å²) in [5.74, 6) is 0.0135. The van der Waals surface area contributed by atoms with Crippen molar-refractivity contribution in [1.29, 1.82) is 0 Å². The van der Waals surface area contributed by atoms with Crippen LogP contribution in [0.3, 0.4) is 0 Å². The van der Waals surface area contributed by atoms with Crippen molar-refractivity contribution in [1.82, 2.24) is 10.2 Å². The molecule has 1 N–H and O–H groups in total. The number of nitrogens with one attached hydrogen (secondary N) is 1. The number of benzene rings is 1. The molecule has 106 valence electrons. The molecule has 1 heterocycles. The number of piperazine rings is 1. The predicted molar refractivity (Wildman–Crippen MR) is 76.0 cm³/mol. The molecular weight excluding hydrogens is 252 g/mol. The molecule has 0 aromatic heterocycles. The second-order valence-corrected chi connectivity index (χ2v) is 6.13. The van der Waals surface area contributed by atoms with E-state index in [2.05, 4.69) is 12.2 Å². The van der Waals surface area contributed by atoms with Gasteiger partial charge in [0, 0.05) is 12.0 Å².